The highest BCUT2D eigenvalue weighted by molar-refractivity contribution is 7.09. The van der Waals surface area contributed by atoms with Crippen molar-refractivity contribution in [2.24, 2.45) is 28.9 Å². The van der Waals surface area contributed by atoms with Crippen LogP contribution in [0.5, 0.6) is 0 Å². The Kier molecular flexibility index (Phi) is 28.6. The maximum Gasteiger partial charge on any atom is 0.407 e. The van der Waals surface area contributed by atoms with Gasteiger partial charge in [-0.25, -0.2) is 23.8 Å². The van der Waals surface area contributed by atoms with E-state index in [1.807, 2.05) is 44.5 Å². The number of thiazole rings is 1. The summed E-state index contributed by atoms with van der Waals surface area (Å²) in [5.74, 6) is -3.80. The number of rotatable bonds is 34. The third-order valence-electron chi connectivity index (χ3n) is 15.3. The van der Waals surface area contributed by atoms with Crippen molar-refractivity contribution in [2.45, 2.75) is 176 Å². The molecule has 2 aromatic carbocycles. The number of carbonyl (C=O) groups is 8. The van der Waals surface area contributed by atoms with Crippen LogP contribution in [0.2, 0.25) is 0 Å². The molecule has 466 valence electrons. The molecular formula is C60H92FN11O11S. The monoisotopic (exact) mass is 1190 g/mol. The van der Waals surface area contributed by atoms with E-state index in [0.717, 1.165) is 50.0 Å². The molecule has 1 aliphatic heterocycles. The van der Waals surface area contributed by atoms with Crippen molar-refractivity contribution in [2.75, 3.05) is 50.8 Å². The topological polar surface area (TPSA) is 319 Å². The number of nitrogens with zero attached hydrogens (tertiary/aromatic N) is 3. The van der Waals surface area contributed by atoms with Gasteiger partial charge in [-0.3, -0.25) is 28.9 Å². The predicted molar refractivity (Wildman–Crippen MR) is 321 cm³/mol. The Bertz CT molecular complexity index is 2640. The lowest BCUT2D eigenvalue weighted by Crippen LogP contribution is -2.59. The first-order valence-electron chi connectivity index (χ1n) is 29.5. The Morgan fingerprint density at radius 1 is 0.893 bits per heavy atom. The van der Waals surface area contributed by atoms with Gasteiger partial charge in [-0.15, -0.1) is 11.3 Å². The lowest BCUT2D eigenvalue weighted by molar-refractivity contribution is -0.147. The third-order valence-corrected chi connectivity index (χ3v) is 16.3. The number of aromatic nitrogens is 1. The largest absolute Gasteiger partial charge is 0.481 e. The quantitative estimate of drug-likeness (QED) is 0.0201. The van der Waals surface area contributed by atoms with Gasteiger partial charge in [0.15, 0.2) is 6.10 Å². The second kappa shape index (κ2) is 34.6. The summed E-state index contributed by atoms with van der Waals surface area (Å²) in [7, 11) is 1.92. The minimum atomic E-state index is -1.29. The number of carbonyl (C=O) groups excluding carboxylic acids is 7. The second-order valence-electron chi connectivity index (χ2n) is 23.0. The molecule has 3 aromatic rings. The van der Waals surface area contributed by atoms with E-state index >= 15 is 4.79 Å². The van der Waals surface area contributed by atoms with E-state index in [1.165, 1.54) is 31.4 Å². The number of carboxylic acid groups (broad SMARTS) is 1. The van der Waals surface area contributed by atoms with E-state index in [2.05, 4.69) is 38.8 Å². The number of anilines is 2. The number of hydrogen-bond donors (Lipinski definition) is 9. The van der Waals surface area contributed by atoms with Crippen molar-refractivity contribution in [3.05, 3.63) is 75.5 Å². The number of benzene rings is 2. The number of carboxylic acids is 1. The van der Waals surface area contributed by atoms with Crippen LogP contribution in [0.1, 0.15) is 165 Å². The van der Waals surface area contributed by atoms with E-state index in [1.54, 1.807) is 37.3 Å². The SMILES string of the molecule is CCCCCCN(C(=O)[C@@H](NC(=O)[C@H]1CCCCN1C)[C@@H](C)CC)[C@H](C[C@@H](OC(=O)NCCNC(=O)OCc1ccc(NC(=O)[C@@H](C)CCCNC(N)=O)cc1)c1nc(C(=O)N[C@@H](Cc2ccc(N)c(F)c2)CC(C)(C)C(=O)O)cs1)C(C)C. The number of amides is 8. The minimum absolute atomic E-state index is 0.0258. The van der Waals surface area contributed by atoms with Gasteiger partial charge in [0.1, 0.15) is 29.2 Å². The minimum Gasteiger partial charge on any atom is -0.481 e. The standard InChI is InChI=1S/C60H92FN11O11S/c1-10-12-13-15-30-72(55(76)50(38(5)11-2)70-53(75)47-19-14-16-29-71(47)9)48(37(3)4)33-49(54-69-46(36-84-54)52(74)68-43(34-60(7,8)56(77)78)31-41-22-25-45(62)44(61)32-41)83-59(81)66-28-27-65-58(80)82-35-40-20-23-42(24-21-40)67-51(73)39(6)18-17-26-64-57(63)79/h20-25,32,36-39,43,47-50H,10-19,26-31,33-35,62H2,1-9H3,(H,65,80)(H,66,81)(H,67,73)(H,68,74)(H,70,75)(H,77,78)(H3,63,64,79)/t38-,39-,43-,47+,48+,49+,50-/m0/s1. The van der Waals surface area contributed by atoms with Crippen molar-refractivity contribution >= 4 is 70.5 Å². The Labute approximate surface area is 498 Å². The fourth-order valence-electron chi connectivity index (χ4n) is 9.90. The number of piperidine rings is 1. The maximum atomic E-state index is 15.2. The van der Waals surface area contributed by atoms with Crippen LogP contribution in [0, 0.1) is 29.0 Å². The van der Waals surface area contributed by atoms with Crippen molar-refractivity contribution < 1.29 is 57.3 Å². The first-order chi connectivity index (χ1) is 39.8. The normalized spacial score (nSPS) is 15.7. The summed E-state index contributed by atoms with van der Waals surface area (Å²) in [5, 5.41) is 28.5. The summed E-state index contributed by atoms with van der Waals surface area (Å²) in [6.45, 7) is 16.1. The van der Waals surface area contributed by atoms with Crippen LogP contribution in [-0.4, -0.2) is 132 Å². The number of nitrogens with one attached hydrogen (secondary N) is 6. The summed E-state index contributed by atoms with van der Waals surface area (Å²) < 4.78 is 26.2. The maximum absolute atomic E-state index is 15.2. The molecule has 1 fully saturated rings. The number of ether oxygens (including phenoxy) is 2. The van der Waals surface area contributed by atoms with E-state index < -0.39 is 65.6 Å². The van der Waals surface area contributed by atoms with Gasteiger partial charge in [-0.05, 0) is 120 Å². The summed E-state index contributed by atoms with van der Waals surface area (Å²) in [4.78, 5) is 114. The van der Waals surface area contributed by atoms with Gasteiger partial charge >= 0.3 is 24.2 Å². The molecule has 4 rings (SSSR count). The first kappa shape index (κ1) is 69.4. The number of aliphatic carboxylic acids is 1. The Balaban J connectivity index is 1.55. The van der Waals surface area contributed by atoms with Gasteiger partial charge in [0.25, 0.3) is 5.91 Å². The highest BCUT2D eigenvalue weighted by atomic mass is 32.1. The summed E-state index contributed by atoms with van der Waals surface area (Å²) >= 11 is 1.06. The Morgan fingerprint density at radius 2 is 1.58 bits per heavy atom. The number of halogens is 1. The van der Waals surface area contributed by atoms with Gasteiger partial charge in [-0.1, -0.05) is 91.8 Å². The number of likely N-dealkylation sites (N-methyl/N-ethyl adjacent to an activating group) is 1. The molecule has 0 unspecified atom stereocenters. The number of hydrogen-bond acceptors (Lipinski definition) is 14. The average molecular weight is 1190 g/mol. The van der Waals surface area contributed by atoms with Crippen LogP contribution in [0.15, 0.2) is 47.8 Å². The number of primary amides is 1. The number of nitrogen functional groups attached to an aromatic ring is 1. The average Bonchev–Trinajstić information content (AvgIpc) is 3.51. The molecule has 2 heterocycles. The molecular weight excluding hydrogens is 1100 g/mol. The number of nitrogens with two attached hydrogens (primary N) is 2. The molecule has 0 radical (unpaired) electrons. The lowest BCUT2D eigenvalue weighted by atomic mass is 9.84. The number of urea groups is 1. The van der Waals surface area contributed by atoms with Crippen LogP contribution in [-0.2, 0) is 41.7 Å². The molecule has 0 aliphatic carbocycles. The summed E-state index contributed by atoms with van der Waals surface area (Å²) in [6, 6.07) is 7.80. The van der Waals surface area contributed by atoms with Gasteiger partial charge in [0, 0.05) is 61.7 Å². The van der Waals surface area contributed by atoms with Crippen LogP contribution >= 0.6 is 11.3 Å². The van der Waals surface area contributed by atoms with Crippen molar-refractivity contribution in [1.29, 1.82) is 0 Å². The highest BCUT2D eigenvalue weighted by Gasteiger charge is 2.39. The molecule has 22 nitrogen and oxygen atoms in total. The highest BCUT2D eigenvalue weighted by Crippen LogP contribution is 2.33. The van der Waals surface area contributed by atoms with E-state index in [-0.39, 0.29) is 96.9 Å². The van der Waals surface area contributed by atoms with Crippen molar-refractivity contribution in [1.82, 2.24) is 41.4 Å². The van der Waals surface area contributed by atoms with Crippen molar-refractivity contribution in [3.63, 3.8) is 0 Å². The van der Waals surface area contributed by atoms with Gasteiger partial charge < -0.3 is 62.8 Å². The summed E-state index contributed by atoms with van der Waals surface area (Å²) in [5.41, 5.74) is 11.1. The zero-order valence-corrected chi connectivity index (χ0v) is 51.3. The fraction of sp³-hybridized carbons (Fsp3) is 0.617. The first-order valence-corrected chi connectivity index (χ1v) is 30.3. The predicted octanol–water partition coefficient (Wildman–Crippen LogP) is 8.26. The lowest BCUT2D eigenvalue weighted by Gasteiger charge is -2.40. The molecule has 1 aliphatic rings. The van der Waals surface area contributed by atoms with E-state index in [4.69, 9.17) is 25.9 Å². The molecule has 0 saturated carbocycles. The van der Waals surface area contributed by atoms with Gasteiger partial charge in [-0.2, -0.15) is 0 Å². The molecule has 0 bridgehead atoms. The molecule has 1 aromatic heterocycles. The van der Waals surface area contributed by atoms with E-state index in [9.17, 15) is 43.1 Å². The van der Waals surface area contributed by atoms with Crippen molar-refractivity contribution in [3.8, 4) is 0 Å². The molecule has 11 N–H and O–H groups in total. The molecule has 24 heteroatoms. The van der Waals surface area contributed by atoms with Gasteiger partial charge in [0.2, 0.25) is 17.7 Å². The number of likely N-dealkylation sites (tertiary alicyclic amines) is 1. The van der Waals surface area contributed by atoms with Crippen LogP contribution in [0.25, 0.3) is 0 Å². The Hall–Kier alpha value is -7.08. The molecule has 0 spiro atoms. The zero-order valence-electron chi connectivity index (χ0n) is 50.5. The molecule has 84 heavy (non-hydrogen) atoms. The summed E-state index contributed by atoms with van der Waals surface area (Å²) in [6.07, 6.45) is 5.04. The number of alkyl carbamates (subject to hydrolysis) is 2. The molecule has 8 amide bonds. The molecule has 7 atom stereocenters. The fourth-order valence-corrected chi connectivity index (χ4v) is 10.7. The van der Waals surface area contributed by atoms with Crippen LogP contribution in [0.3, 0.4) is 0 Å². The van der Waals surface area contributed by atoms with Gasteiger partial charge in [0.05, 0.1) is 17.1 Å². The second-order valence-corrected chi connectivity index (χ2v) is 23.9. The smallest absolute Gasteiger partial charge is 0.407 e. The van der Waals surface area contributed by atoms with Crippen LogP contribution < -0.4 is 43.4 Å². The van der Waals surface area contributed by atoms with Crippen LogP contribution in [0.4, 0.5) is 30.1 Å². The van der Waals surface area contributed by atoms with E-state index in [0.29, 0.717) is 62.0 Å². The molecule has 1 saturated heterocycles. The third kappa shape index (κ3) is 22.8. The number of unbranched alkanes of at least 4 members (excludes halogenated alkanes) is 3. The zero-order chi connectivity index (χ0) is 62.1. The Morgan fingerprint density at radius 3 is 2.21 bits per heavy atom.